The Morgan fingerprint density at radius 3 is 1.92 bits per heavy atom. The van der Waals surface area contributed by atoms with Crippen molar-refractivity contribution in [2.45, 2.75) is 25.7 Å². The minimum atomic E-state index is -0.262. The third-order valence-electron chi connectivity index (χ3n) is 2.54. The maximum atomic E-state index is 11.5. The van der Waals surface area contributed by atoms with Crippen molar-refractivity contribution in [3.05, 3.63) is 11.1 Å². The number of rotatable bonds is 1. The van der Waals surface area contributed by atoms with Crippen molar-refractivity contribution < 1.29 is 14.4 Å². The molecule has 0 spiro atoms. The summed E-state index contributed by atoms with van der Waals surface area (Å²) < 4.78 is 0. The van der Waals surface area contributed by atoms with Gasteiger partial charge in [-0.25, -0.2) is 0 Å². The molecule has 4 nitrogen and oxygen atoms in total. The first-order valence-electron chi connectivity index (χ1n) is 4.40. The summed E-state index contributed by atoms with van der Waals surface area (Å²) in [7, 11) is 1.34. The van der Waals surface area contributed by atoms with Gasteiger partial charge in [-0.05, 0) is 25.7 Å². The van der Waals surface area contributed by atoms with Crippen molar-refractivity contribution >= 4 is 11.8 Å². The Hall–Kier alpha value is -1.16. The number of hydroxylamine groups is 2. The zero-order chi connectivity index (χ0) is 9.42. The second kappa shape index (κ2) is 2.96. The van der Waals surface area contributed by atoms with Crippen LogP contribution in [-0.2, 0) is 14.4 Å². The molecule has 13 heavy (non-hydrogen) atoms. The van der Waals surface area contributed by atoms with Crippen LogP contribution in [-0.4, -0.2) is 24.0 Å². The molecule has 70 valence electrons. The number of carbonyl (C=O) groups is 2. The van der Waals surface area contributed by atoms with Gasteiger partial charge in [-0.1, -0.05) is 0 Å². The van der Waals surface area contributed by atoms with E-state index in [9.17, 15) is 9.59 Å². The van der Waals surface area contributed by atoms with E-state index in [1.54, 1.807) is 0 Å². The van der Waals surface area contributed by atoms with Crippen molar-refractivity contribution in [1.29, 1.82) is 0 Å². The molecule has 2 aliphatic rings. The molecule has 4 heteroatoms. The average Bonchev–Trinajstić information content (AvgIpc) is 2.41. The SMILES string of the molecule is CON1C(=O)C2=C(CCCC2)C1=O. The van der Waals surface area contributed by atoms with Crippen molar-refractivity contribution in [3.63, 3.8) is 0 Å². The van der Waals surface area contributed by atoms with Crippen molar-refractivity contribution in [2.75, 3.05) is 7.11 Å². The van der Waals surface area contributed by atoms with Gasteiger partial charge < -0.3 is 0 Å². The molecule has 0 aromatic heterocycles. The highest BCUT2D eigenvalue weighted by molar-refractivity contribution is 6.18. The van der Waals surface area contributed by atoms with E-state index in [4.69, 9.17) is 4.84 Å². The molecule has 1 heterocycles. The highest BCUT2D eigenvalue weighted by Gasteiger charge is 2.39. The standard InChI is InChI=1S/C9H11NO3/c1-13-10-8(11)6-4-2-3-5-7(6)9(10)12/h2-5H2,1H3. The Morgan fingerprint density at radius 1 is 1.08 bits per heavy atom. The Balaban J connectivity index is 2.35. The number of amides is 2. The molecule has 2 rings (SSSR count). The molecular weight excluding hydrogens is 170 g/mol. The largest absolute Gasteiger partial charge is 0.281 e. The minimum Gasteiger partial charge on any atom is -0.267 e. The summed E-state index contributed by atoms with van der Waals surface area (Å²) in [6.07, 6.45) is 3.43. The van der Waals surface area contributed by atoms with E-state index in [0.29, 0.717) is 11.1 Å². The van der Waals surface area contributed by atoms with Crippen molar-refractivity contribution in [1.82, 2.24) is 5.06 Å². The van der Waals surface area contributed by atoms with Gasteiger partial charge in [0.25, 0.3) is 11.8 Å². The number of hydrogen-bond acceptors (Lipinski definition) is 3. The van der Waals surface area contributed by atoms with E-state index in [1.807, 2.05) is 0 Å². The first-order valence-corrected chi connectivity index (χ1v) is 4.40. The summed E-state index contributed by atoms with van der Waals surface area (Å²) in [4.78, 5) is 27.7. The highest BCUT2D eigenvalue weighted by Crippen LogP contribution is 2.32. The number of carbonyl (C=O) groups excluding carboxylic acids is 2. The Kier molecular flexibility index (Phi) is 1.92. The van der Waals surface area contributed by atoms with Crippen LogP contribution < -0.4 is 0 Å². The van der Waals surface area contributed by atoms with E-state index in [1.165, 1.54) is 7.11 Å². The molecule has 0 bridgehead atoms. The quantitative estimate of drug-likeness (QED) is 0.562. The molecule has 1 aliphatic carbocycles. The third kappa shape index (κ3) is 1.09. The van der Waals surface area contributed by atoms with Gasteiger partial charge in [0.05, 0.1) is 7.11 Å². The number of hydrogen-bond donors (Lipinski definition) is 0. The zero-order valence-corrected chi connectivity index (χ0v) is 7.50. The van der Waals surface area contributed by atoms with Gasteiger partial charge in [-0.3, -0.25) is 14.4 Å². The molecule has 0 N–H and O–H groups in total. The Bertz CT molecular complexity index is 278. The second-order valence-corrected chi connectivity index (χ2v) is 3.25. The molecule has 0 fully saturated rings. The lowest BCUT2D eigenvalue weighted by Gasteiger charge is -2.09. The van der Waals surface area contributed by atoms with Gasteiger partial charge >= 0.3 is 0 Å². The van der Waals surface area contributed by atoms with Crippen LogP contribution in [0.4, 0.5) is 0 Å². The first kappa shape index (κ1) is 8.44. The maximum Gasteiger partial charge on any atom is 0.281 e. The molecule has 1 aliphatic heterocycles. The Labute approximate surface area is 76.1 Å². The predicted molar refractivity (Wildman–Crippen MR) is 44.4 cm³/mol. The zero-order valence-electron chi connectivity index (χ0n) is 7.50. The van der Waals surface area contributed by atoms with Crippen LogP contribution in [0.15, 0.2) is 11.1 Å². The van der Waals surface area contributed by atoms with Gasteiger partial charge in [0, 0.05) is 11.1 Å². The first-order chi connectivity index (χ1) is 6.25. The van der Waals surface area contributed by atoms with E-state index in [2.05, 4.69) is 0 Å². The van der Waals surface area contributed by atoms with E-state index < -0.39 is 0 Å². The highest BCUT2D eigenvalue weighted by atomic mass is 16.7. The van der Waals surface area contributed by atoms with Crippen molar-refractivity contribution in [2.24, 2.45) is 0 Å². The number of imide groups is 1. The van der Waals surface area contributed by atoms with Crippen LogP contribution in [0.25, 0.3) is 0 Å². The van der Waals surface area contributed by atoms with Gasteiger partial charge in [0.2, 0.25) is 0 Å². The topological polar surface area (TPSA) is 46.6 Å². The molecular formula is C9H11NO3. The summed E-state index contributed by atoms with van der Waals surface area (Å²) >= 11 is 0. The number of nitrogens with zero attached hydrogens (tertiary/aromatic N) is 1. The lowest BCUT2D eigenvalue weighted by Crippen LogP contribution is -2.30. The summed E-state index contributed by atoms with van der Waals surface area (Å²) in [5.41, 5.74) is 1.33. The molecule has 0 aromatic rings. The summed E-state index contributed by atoms with van der Waals surface area (Å²) in [6, 6.07) is 0. The van der Waals surface area contributed by atoms with E-state index >= 15 is 0 Å². The molecule has 0 saturated heterocycles. The summed E-state index contributed by atoms with van der Waals surface area (Å²) in [5.74, 6) is -0.524. The van der Waals surface area contributed by atoms with E-state index in [-0.39, 0.29) is 11.8 Å². The molecule has 2 amide bonds. The van der Waals surface area contributed by atoms with Crippen LogP contribution >= 0.6 is 0 Å². The summed E-state index contributed by atoms with van der Waals surface area (Å²) in [6.45, 7) is 0. The lowest BCUT2D eigenvalue weighted by atomic mass is 9.93. The molecule has 0 unspecified atom stereocenters. The maximum absolute atomic E-state index is 11.5. The molecule has 0 aromatic carbocycles. The summed E-state index contributed by atoms with van der Waals surface area (Å²) in [5, 5.41) is 0.857. The van der Waals surface area contributed by atoms with Crippen molar-refractivity contribution in [3.8, 4) is 0 Å². The molecule has 0 atom stereocenters. The van der Waals surface area contributed by atoms with Gasteiger partial charge in [0.15, 0.2) is 0 Å². The van der Waals surface area contributed by atoms with Crippen LogP contribution in [0.5, 0.6) is 0 Å². The predicted octanol–water partition coefficient (Wildman–Crippen LogP) is 0.787. The fraction of sp³-hybridized carbons (Fsp3) is 0.556. The average molecular weight is 181 g/mol. The third-order valence-corrected chi connectivity index (χ3v) is 2.54. The van der Waals surface area contributed by atoms with Gasteiger partial charge in [-0.2, -0.15) is 0 Å². The van der Waals surface area contributed by atoms with E-state index in [0.717, 1.165) is 30.7 Å². The van der Waals surface area contributed by atoms with Crippen LogP contribution in [0.3, 0.4) is 0 Å². The normalized spacial score (nSPS) is 22.7. The fourth-order valence-corrected chi connectivity index (χ4v) is 1.88. The van der Waals surface area contributed by atoms with Crippen LogP contribution in [0, 0.1) is 0 Å². The Morgan fingerprint density at radius 2 is 1.54 bits per heavy atom. The minimum absolute atomic E-state index is 0.262. The lowest BCUT2D eigenvalue weighted by molar-refractivity contribution is -0.178. The molecule has 0 radical (unpaired) electrons. The van der Waals surface area contributed by atoms with Crippen LogP contribution in [0.1, 0.15) is 25.7 Å². The molecule has 0 saturated carbocycles. The van der Waals surface area contributed by atoms with Gasteiger partial charge in [0.1, 0.15) is 0 Å². The van der Waals surface area contributed by atoms with Crippen LogP contribution in [0.2, 0.25) is 0 Å². The second-order valence-electron chi connectivity index (χ2n) is 3.25. The fourth-order valence-electron chi connectivity index (χ4n) is 1.88. The monoisotopic (exact) mass is 181 g/mol. The smallest absolute Gasteiger partial charge is 0.267 e. The van der Waals surface area contributed by atoms with Gasteiger partial charge in [-0.15, -0.1) is 5.06 Å².